The highest BCUT2D eigenvalue weighted by molar-refractivity contribution is 7.47. The zero-order valence-electron chi connectivity index (χ0n) is 63.4. The highest BCUT2D eigenvalue weighted by Crippen LogP contribution is 2.45. The molecule has 0 aliphatic rings. The quantitative estimate of drug-likeness (QED) is 0.0169. The molecule has 19 heteroatoms. The van der Waals surface area contributed by atoms with Crippen LogP contribution >= 0.6 is 15.6 Å². The number of rotatable bonds is 75. The van der Waals surface area contributed by atoms with Gasteiger partial charge in [0.05, 0.1) is 26.4 Å². The monoisotopic (exact) mass is 1450 g/mol. The summed E-state index contributed by atoms with van der Waals surface area (Å²) >= 11 is 0. The van der Waals surface area contributed by atoms with Crippen molar-refractivity contribution in [2.45, 2.75) is 367 Å². The molecule has 0 spiro atoms. The number of hydrogen-bond donors (Lipinski definition) is 3. The minimum absolute atomic E-state index is 0.0767. The van der Waals surface area contributed by atoms with Crippen molar-refractivity contribution in [2.75, 3.05) is 39.6 Å². The van der Waals surface area contributed by atoms with Crippen LogP contribution in [0, 0.1) is 0 Å². The molecule has 0 aromatic rings. The Bertz CT molecular complexity index is 2230. The first-order valence-corrected chi connectivity index (χ1v) is 42.8. The molecule has 3 N–H and O–H groups in total. The molecule has 0 bridgehead atoms. The van der Waals surface area contributed by atoms with E-state index in [2.05, 4.69) is 113 Å². The number of esters is 4. The van der Waals surface area contributed by atoms with Crippen LogP contribution in [-0.4, -0.2) is 96.7 Å². The fourth-order valence-corrected chi connectivity index (χ4v) is 12.2. The van der Waals surface area contributed by atoms with E-state index in [0.717, 1.165) is 173 Å². The summed E-state index contributed by atoms with van der Waals surface area (Å²) in [6.45, 7) is 4.78. The van der Waals surface area contributed by atoms with Crippen molar-refractivity contribution in [3.05, 3.63) is 85.1 Å². The van der Waals surface area contributed by atoms with Gasteiger partial charge in [-0.15, -0.1) is 0 Å². The van der Waals surface area contributed by atoms with E-state index in [-0.39, 0.29) is 25.7 Å². The summed E-state index contributed by atoms with van der Waals surface area (Å²) in [4.78, 5) is 73.0. The normalized spacial score (nSPS) is 14.3. The molecule has 0 radical (unpaired) electrons. The maximum atomic E-state index is 13.1. The molecule has 0 aromatic carbocycles. The van der Waals surface area contributed by atoms with Crippen LogP contribution < -0.4 is 0 Å². The Balaban J connectivity index is 5.38. The predicted molar refractivity (Wildman–Crippen MR) is 409 cm³/mol. The zero-order valence-corrected chi connectivity index (χ0v) is 65.2. The molecule has 5 atom stereocenters. The fraction of sp³-hybridized carbons (Fsp3) is 0.778. The summed E-state index contributed by atoms with van der Waals surface area (Å²) in [6, 6.07) is 0. The highest BCUT2D eigenvalue weighted by Gasteiger charge is 2.30. The van der Waals surface area contributed by atoms with Gasteiger partial charge in [0.1, 0.15) is 19.3 Å². The van der Waals surface area contributed by atoms with E-state index < -0.39 is 97.5 Å². The van der Waals surface area contributed by atoms with Gasteiger partial charge in [0.2, 0.25) is 0 Å². The minimum Gasteiger partial charge on any atom is -0.462 e. The largest absolute Gasteiger partial charge is 0.472 e. The van der Waals surface area contributed by atoms with Crippen molar-refractivity contribution in [2.24, 2.45) is 0 Å². The first kappa shape index (κ1) is 96.2. The molecule has 0 fully saturated rings. The van der Waals surface area contributed by atoms with Gasteiger partial charge >= 0.3 is 39.5 Å². The summed E-state index contributed by atoms with van der Waals surface area (Å²) in [5.74, 6) is -2.21. The number of phosphoric acid groups is 2. The SMILES string of the molecule is CCCCC/C=C/C/C=C/CCCCCCCC(=O)OC[C@H](COP(=O)(O)OC[C@@H](O)COP(=O)(O)OC[C@@H](COC(=O)CCCCCCC/C=C/CCCCCCCC)OC(=O)CCCCCCC/C=C/C/C=C/CCCCC)OC(=O)CCCCCCC/C=C/C/C=C/CCCCC. The number of aliphatic hydroxyl groups is 1. The zero-order chi connectivity index (χ0) is 73.2. The number of aliphatic hydroxyl groups excluding tert-OH is 1. The average Bonchev–Trinajstić information content (AvgIpc) is 1.01. The molecule has 2 unspecified atom stereocenters. The van der Waals surface area contributed by atoms with Gasteiger partial charge < -0.3 is 33.8 Å². The van der Waals surface area contributed by atoms with E-state index in [1.54, 1.807) is 0 Å². The Morgan fingerprint density at radius 2 is 0.490 bits per heavy atom. The van der Waals surface area contributed by atoms with Crippen LogP contribution in [0.1, 0.15) is 349 Å². The predicted octanol–water partition coefficient (Wildman–Crippen LogP) is 23.0. The van der Waals surface area contributed by atoms with Crippen molar-refractivity contribution in [3.63, 3.8) is 0 Å². The van der Waals surface area contributed by atoms with Gasteiger partial charge in [-0.1, -0.05) is 260 Å². The average molecular weight is 1450 g/mol. The third-order valence-electron chi connectivity index (χ3n) is 16.8. The van der Waals surface area contributed by atoms with Crippen LogP contribution in [-0.2, 0) is 65.4 Å². The number of hydrogen-bond acceptors (Lipinski definition) is 15. The van der Waals surface area contributed by atoms with E-state index in [0.29, 0.717) is 25.7 Å². The smallest absolute Gasteiger partial charge is 0.462 e. The fourth-order valence-electron chi connectivity index (χ4n) is 10.7. The van der Waals surface area contributed by atoms with E-state index in [1.807, 2.05) is 0 Å². The first-order valence-electron chi connectivity index (χ1n) is 39.8. The number of allylic oxidation sites excluding steroid dienone is 14. The molecule has 100 heavy (non-hydrogen) atoms. The third-order valence-corrected chi connectivity index (χ3v) is 18.7. The lowest BCUT2D eigenvalue weighted by Crippen LogP contribution is -2.30. The Hall–Kier alpha value is -3.76. The molecule has 0 rings (SSSR count). The second-order valence-corrected chi connectivity index (χ2v) is 29.5. The number of phosphoric ester groups is 2. The lowest BCUT2D eigenvalue weighted by atomic mass is 10.1. The van der Waals surface area contributed by atoms with Crippen LogP contribution in [0.5, 0.6) is 0 Å². The molecule has 0 saturated heterocycles. The van der Waals surface area contributed by atoms with Crippen LogP contribution in [0.2, 0.25) is 0 Å². The molecule has 0 heterocycles. The molecular weight excluding hydrogens is 1310 g/mol. The number of carbonyl (C=O) groups is 4. The standard InChI is InChI=1S/C81H144O17P2/c1-5-9-13-17-21-25-29-33-37-41-45-49-53-57-61-65-78(83)91-71-76(97-80(85)67-63-59-55-51-47-43-39-35-31-27-23-19-15-11-7-3)73-95-99(87,88)93-69-75(82)70-94-100(89,90)96-74-77(98-81(86)68-64-60-56-52-48-44-40-36-32-28-24-20-16-12-8-4)72-92-79(84)66-62-58-54-50-46-42-38-34-30-26-22-18-14-10-6-2/h21,23-25,27-28,33-40,75-77,82H,5-20,22,26,29-32,41-74H2,1-4H3,(H,87,88)(H,89,90)/b25-21+,27-23+,28-24+,37-33+,38-34+,39-35+,40-36+/t75-,76-,77-/m1/s1. The summed E-state index contributed by atoms with van der Waals surface area (Å²) in [7, 11) is -9.96. The minimum atomic E-state index is -4.98. The summed E-state index contributed by atoms with van der Waals surface area (Å²) in [6.07, 6.45) is 75.5. The third kappa shape index (κ3) is 72.6. The molecule has 17 nitrogen and oxygen atoms in total. The Morgan fingerprint density at radius 3 is 0.770 bits per heavy atom. The maximum absolute atomic E-state index is 13.1. The van der Waals surface area contributed by atoms with Crippen LogP contribution in [0.15, 0.2) is 85.1 Å². The molecule has 580 valence electrons. The maximum Gasteiger partial charge on any atom is 0.472 e. The Morgan fingerprint density at radius 1 is 0.280 bits per heavy atom. The molecule has 0 saturated carbocycles. The Kier molecular flexibility index (Phi) is 70.8. The first-order chi connectivity index (χ1) is 48.7. The molecule has 0 aliphatic heterocycles. The Labute approximate surface area is 608 Å². The van der Waals surface area contributed by atoms with Gasteiger partial charge in [0.15, 0.2) is 12.2 Å². The number of carbonyl (C=O) groups excluding carboxylic acids is 4. The van der Waals surface area contributed by atoms with Crippen molar-refractivity contribution >= 4 is 39.5 Å². The van der Waals surface area contributed by atoms with Crippen molar-refractivity contribution in [1.29, 1.82) is 0 Å². The van der Waals surface area contributed by atoms with Crippen LogP contribution in [0.3, 0.4) is 0 Å². The number of unbranched alkanes of at least 4 members (excludes halogenated alkanes) is 35. The van der Waals surface area contributed by atoms with Crippen LogP contribution in [0.25, 0.3) is 0 Å². The second-order valence-electron chi connectivity index (χ2n) is 26.6. The van der Waals surface area contributed by atoms with Gasteiger partial charge in [-0.05, 0) is 148 Å². The van der Waals surface area contributed by atoms with E-state index in [1.165, 1.54) is 96.3 Å². The molecule has 0 aromatic heterocycles. The van der Waals surface area contributed by atoms with Gasteiger partial charge in [-0.25, -0.2) is 9.13 Å². The van der Waals surface area contributed by atoms with Gasteiger partial charge in [-0.3, -0.25) is 37.3 Å². The second kappa shape index (κ2) is 73.5. The van der Waals surface area contributed by atoms with Gasteiger partial charge in [0.25, 0.3) is 0 Å². The summed E-state index contributed by atoms with van der Waals surface area (Å²) in [5.41, 5.74) is 0. The van der Waals surface area contributed by atoms with Crippen molar-refractivity contribution in [3.8, 4) is 0 Å². The van der Waals surface area contributed by atoms with E-state index in [4.69, 9.17) is 37.0 Å². The van der Waals surface area contributed by atoms with Crippen LogP contribution in [0.4, 0.5) is 0 Å². The molecular formula is C81H144O17P2. The highest BCUT2D eigenvalue weighted by atomic mass is 31.2. The lowest BCUT2D eigenvalue weighted by molar-refractivity contribution is -0.161. The molecule has 0 aliphatic carbocycles. The summed E-state index contributed by atoms with van der Waals surface area (Å²) < 4.78 is 68.6. The topological polar surface area (TPSA) is 237 Å². The molecule has 0 amide bonds. The van der Waals surface area contributed by atoms with Crippen molar-refractivity contribution < 1.29 is 80.2 Å². The lowest BCUT2D eigenvalue weighted by Gasteiger charge is -2.21. The van der Waals surface area contributed by atoms with Crippen molar-refractivity contribution in [1.82, 2.24) is 0 Å². The van der Waals surface area contributed by atoms with Gasteiger partial charge in [-0.2, -0.15) is 0 Å². The number of ether oxygens (including phenoxy) is 4. The van der Waals surface area contributed by atoms with E-state index >= 15 is 0 Å². The van der Waals surface area contributed by atoms with E-state index in [9.17, 15) is 43.2 Å². The van der Waals surface area contributed by atoms with Gasteiger partial charge in [0, 0.05) is 25.7 Å². The summed E-state index contributed by atoms with van der Waals surface area (Å²) in [5, 5.41) is 10.6.